The minimum atomic E-state index is -0.345. The van der Waals surface area contributed by atoms with E-state index in [1.165, 1.54) is 23.7 Å². The lowest BCUT2D eigenvalue weighted by molar-refractivity contribution is 0.102. The first kappa shape index (κ1) is 13.4. The summed E-state index contributed by atoms with van der Waals surface area (Å²) in [7, 11) is 0. The number of amides is 1. The quantitative estimate of drug-likeness (QED) is 0.876. The Labute approximate surface area is 115 Å². The van der Waals surface area contributed by atoms with Gasteiger partial charge in [-0.3, -0.25) is 10.1 Å². The molecule has 0 spiro atoms. The molecule has 2 heterocycles. The summed E-state index contributed by atoms with van der Waals surface area (Å²) in [4.78, 5) is 24.0. The number of nitrogen functional groups attached to an aromatic ring is 1. The molecule has 0 atom stereocenters. The SMILES string of the molecule is CC(C)(C)c1csc(NC(=O)c2cnc(N)cn2)n1. The number of aromatic nitrogens is 3. The number of hydrogen-bond donors (Lipinski definition) is 2. The predicted molar refractivity (Wildman–Crippen MR) is 75.2 cm³/mol. The van der Waals surface area contributed by atoms with Gasteiger partial charge in [0.25, 0.3) is 5.91 Å². The van der Waals surface area contributed by atoms with Crippen LogP contribution < -0.4 is 11.1 Å². The van der Waals surface area contributed by atoms with Gasteiger partial charge in [0.1, 0.15) is 11.5 Å². The second kappa shape index (κ2) is 4.93. The zero-order chi connectivity index (χ0) is 14.0. The van der Waals surface area contributed by atoms with Gasteiger partial charge < -0.3 is 5.73 Å². The molecule has 6 nitrogen and oxygen atoms in total. The molecule has 19 heavy (non-hydrogen) atoms. The predicted octanol–water partition coefficient (Wildman–Crippen LogP) is 2.07. The van der Waals surface area contributed by atoms with Gasteiger partial charge in [-0.15, -0.1) is 11.3 Å². The lowest BCUT2D eigenvalue weighted by Crippen LogP contribution is -2.15. The average Bonchev–Trinajstić information content (AvgIpc) is 2.78. The van der Waals surface area contributed by atoms with Crippen molar-refractivity contribution in [2.45, 2.75) is 26.2 Å². The molecule has 0 aromatic carbocycles. The van der Waals surface area contributed by atoms with Crippen molar-refractivity contribution in [3.63, 3.8) is 0 Å². The molecule has 0 fully saturated rings. The molecule has 0 saturated heterocycles. The van der Waals surface area contributed by atoms with Crippen molar-refractivity contribution >= 4 is 28.2 Å². The molecule has 2 aromatic rings. The zero-order valence-corrected chi connectivity index (χ0v) is 11.8. The molecule has 0 aliphatic heterocycles. The van der Waals surface area contributed by atoms with Gasteiger partial charge in [0.05, 0.1) is 18.1 Å². The molecule has 0 unspecified atom stereocenters. The van der Waals surface area contributed by atoms with Gasteiger partial charge in [0, 0.05) is 10.8 Å². The largest absolute Gasteiger partial charge is 0.382 e. The van der Waals surface area contributed by atoms with Crippen molar-refractivity contribution in [2.24, 2.45) is 0 Å². The molecule has 3 N–H and O–H groups in total. The van der Waals surface area contributed by atoms with Crippen molar-refractivity contribution in [3.05, 3.63) is 29.2 Å². The van der Waals surface area contributed by atoms with Crippen molar-refractivity contribution in [3.8, 4) is 0 Å². The molecule has 0 aliphatic rings. The van der Waals surface area contributed by atoms with Crippen LogP contribution in [0.15, 0.2) is 17.8 Å². The van der Waals surface area contributed by atoms with Gasteiger partial charge in [-0.1, -0.05) is 20.8 Å². The molecular weight excluding hydrogens is 262 g/mol. The highest BCUT2D eigenvalue weighted by Crippen LogP contribution is 2.26. The molecule has 0 radical (unpaired) electrons. The molecule has 0 saturated carbocycles. The number of rotatable bonds is 2. The summed E-state index contributed by atoms with van der Waals surface area (Å²) in [6.07, 6.45) is 2.68. The first-order valence-electron chi connectivity index (χ1n) is 5.71. The Hall–Kier alpha value is -2.02. The topological polar surface area (TPSA) is 93.8 Å². The van der Waals surface area contributed by atoms with Crippen molar-refractivity contribution in [1.29, 1.82) is 0 Å². The van der Waals surface area contributed by atoms with Gasteiger partial charge in [-0.05, 0) is 0 Å². The van der Waals surface area contributed by atoms with Crippen LogP contribution in [0, 0.1) is 0 Å². The standard InChI is InChI=1S/C12H15N5OS/c1-12(2,3)8-6-19-11(16-8)17-10(18)7-4-15-9(13)5-14-7/h4-6H,1-3H3,(H2,13,15)(H,16,17,18). The van der Waals surface area contributed by atoms with Crippen LogP contribution in [0.2, 0.25) is 0 Å². The van der Waals surface area contributed by atoms with Gasteiger partial charge in [-0.25, -0.2) is 15.0 Å². The van der Waals surface area contributed by atoms with Crippen molar-refractivity contribution in [1.82, 2.24) is 15.0 Å². The molecule has 7 heteroatoms. The second-order valence-corrected chi connectivity index (χ2v) is 5.93. The van der Waals surface area contributed by atoms with Crippen LogP contribution in [0.5, 0.6) is 0 Å². The molecule has 0 aliphatic carbocycles. The number of anilines is 2. The van der Waals surface area contributed by atoms with Crippen LogP contribution in [-0.4, -0.2) is 20.9 Å². The van der Waals surface area contributed by atoms with E-state index in [0.717, 1.165) is 5.69 Å². The fourth-order valence-corrected chi connectivity index (χ4v) is 2.22. The van der Waals surface area contributed by atoms with Crippen LogP contribution in [-0.2, 0) is 5.41 Å². The summed E-state index contributed by atoms with van der Waals surface area (Å²) in [5.41, 5.74) is 6.52. The fourth-order valence-electron chi connectivity index (χ4n) is 1.29. The Bertz CT molecular complexity index is 585. The highest BCUT2D eigenvalue weighted by molar-refractivity contribution is 7.14. The van der Waals surface area contributed by atoms with Gasteiger partial charge in [0.15, 0.2) is 5.13 Å². The summed E-state index contributed by atoms with van der Waals surface area (Å²) in [5.74, 6) is -0.0665. The summed E-state index contributed by atoms with van der Waals surface area (Å²) in [6.45, 7) is 6.21. The van der Waals surface area contributed by atoms with E-state index in [1.54, 1.807) is 0 Å². The molecule has 0 bridgehead atoms. The molecule has 2 aromatic heterocycles. The van der Waals surface area contributed by atoms with E-state index < -0.39 is 0 Å². The van der Waals surface area contributed by atoms with Gasteiger partial charge in [0.2, 0.25) is 0 Å². The maximum atomic E-state index is 11.9. The lowest BCUT2D eigenvalue weighted by atomic mass is 9.93. The van der Waals surface area contributed by atoms with Crippen molar-refractivity contribution < 1.29 is 4.79 Å². The number of thiazole rings is 1. The van der Waals surface area contributed by atoms with E-state index in [1.807, 2.05) is 5.38 Å². The van der Waals surface area contributed by atoms with E-state index in [4.69, 9.17) is 5.73 Å². The molecular formula is C12H15N5OS. The number of carbonyl (C=O) groups is 1. The summed E-state index contributed by atoms with van der Waals surface area (Å²) < 4.78 is 0. The number of nitrogens with zero attached hydrogens (tertiary/aromatic N) is 3. The highest BCUT2D eigenvalue weighted by Gasteiger charge is 2.18. The molecule has 1 amide bonds. The third kappa shape index (κ3) is 3.25. The number of nitrogens with one attached hydrogen (secondary N) is 1. The Morgan fingerprint density at radius 3 is 2.58 bits per heavy atom. The number of nitrogens with two attached hydrogens (primary N) is 1. The minimum absolute atomic E-state index is 0.0412. The highest BCUT2D eigenvalue weighted by atomic mass is 32.1. The van der Waals surface area contributed by atoms with E-state index >= 15 is 0 Å². The maximum Gasteiger partial charge on any atom is 0.277 e. The third-order valence-corrected chi connectivity index (χ3v) is 3.16. The summed E-state index contributed by atoms with van der Waals surface area (Å²) in [5, 5.41) is 5.18. The van der Waals surface area contributed by atoms with Crippen LogP contribution in [0.25, 0.3) is 0 Å². The Morgan fingerprint density at radius 1 is 1.32 bits per heavy atom. The van der Waals surface area contributed by atoms with Crippen LogP contribution in [0.3, 0.4) is 0 Å². The van der Waals surface area contributed by atoms with E-state index in [-0.39, 0.29) is 22.8 Å². The van der Waals surface area contributed by atoms with Crippen molar-refractivity contribution in [2.75, 3.05) is 11.1 Å². The smallest absolute Gasteiger partial charge is 0.277 e. The number of hydrogen-bond acceptors (Lipinski definition) is 6. The monoisotopic (exact) mass is 277 g/mol. The third-order valence-electron chi connectivity index (χ3n) is 2.40. The lowest BCUT2D eigenvalue weighted by Gasteiger charge is -2.14. The first-order valence-corrected chi connectivity index (χ1v) is 6.59. The molecule has 100 valence electrons. The molecule has 2 rings (SSSR count). The normalized spacial score (nSPS) is 11.3. The van der Waals surface area contributed by atoms with Gasteiger partial charge in [-0.2, -0.15) is 0 Å². The van der Waals surface area contributed by atoms with E-state index in [0.29, 0.717) is 5.13 Å². The second-order valence-electron chi connectivity index (χ2n) is 5.07. The maximum absolute atomic E-state index is 11.9. The van der Waals surface area contributed by atoms with Crippen LogP contribution in [0.1, 0.15) is 37.0 Å². The summed E-state index contributed by atoms with van der Waals surface area (Å²) in [6, 6.07) is 0. The Balaban J connectivity index is 2.11. The summed E-state index contributed by atoms with van der Waals surface area (Å²) >= 11 is 1.39. The fraction of sp³-hybridized carbons (Fsp3) is 0.333. The Morgan fingerprint density at radius 2 is 2.05 bits per heavy atom. The Kier molecular flexibility index (Phi) is 3.48. The minimum Gasteiger partial charge on any atom is -0.382 e. The van der Waals surface area contributed by atoms with Gasteiger partial charge >= 0.3 is 0 Å². The number of carbonyl (C=O) groups excluding carboxylic acids is 1. The van der Waals surface area contributed by atoms with E-state index in [9.17, 15) is 4.79 Å². The van der Waals surface area contributed by atoms with Crippen LogP contribution >= 0.6 is 11.3 Å². The first-order chi connectivity index (χ1) is 8.86. The van der Waals surface area contributed by atoms with Crippen LogP contribution in [0.4, 0.5) is 10.9 Å². The average molecular weight is 277 g/mol. The van der Waals surface area contributed by atoms with E-state index in [2.05, 4.69) is 41.0 Å². The zero-order valence-electron chi connectivity index (χ0n) is 11.0.